The van der Waals surface area contributed by atoms with Crippen molar-refractivity contribution in [2.24, 2.45) is 0 Å². The van der Waals surface area contributed by atoms with Gasteiger partial charge >= 0.3 is 6.09 Å². The van der Waals surface area contributed by atoms with Crippen molar-refractivity contribution in [1.29, 1.82) is 0 Å². The summed E-state index contributed by atoms with van der Waals surface area (Å²) in [4.78, 5) is 29.6. The van der Waals surface area contributed by atoms with E-state index in [1.807, 2.05) is 75.1 Å². The number of hydrogen-bond donors (Lipinski definition) is 0. The van der Waals surface area contributed by atoms with Gasteiger partial charge in [0, 0.05) is 25.2 Å². The lowest BCUT2D eigenvalue weighted by molar-refractivity contribution is 0.00408. The minimum atomic E-state index is -0.563. The molecule has 0 aliphatic carbocycles. The van der Waals surface area contributed by atoms with E-state index in [4.69, 9.17) is 9.47 Å². The second-order valence-corrected chi connectivity index (χ2v) is 8.54. The van der Waals surface area contributed by atoms with Crippen molar-refractivity contribution in [1.82, 2.24) is 9.80 Å². The molecule has 2 amide bonds. The molecule has 1 aliphatic heterocycles. The zero-order chi connectivity index (χ0) is 21.9. The number of piperazine rings is 1. The summed E-state index contributed by atoms with van der Waals surface area (Å²) in [5, 5.41) is 0. The largest absolute Gasteiger partial charge is 0.496 e. The molecule has 1 heterocycles. The molecule has 1 saturated heterocycles. The standard InChI is InChI=1S/C24H30N2O4/c1-17-15-19(11-12-21(17)29-5)22(27)26-14-13-25(23(28)30-24(2,3)4)16-20(26)18-9-7-6-8-10-18/h6-12,15,20H,13-14,16H2,1-5H3. The molecule has 2 aromatic carbocycles. The summed E-state index contributed by atoms with van der Waals surface area (Å²) < 4.78 is 10.9. The fourth-order valence-corrected chi connectivity index (χ4v) is 3.66. The minimum absolute atomic E-state index is 0.0570. The number of rotatable bonds is 3. The lowest BCUT2D eigenvalue weighted by Crippen LogP contribution is -2.53. The molecule has 0 spiro atoms. The Labute approximate surface area is 178 Å². The number of nitrogens with zero attached hydrogens (tertiary/aromatic N) is 2. The molecular formula is C24H30N2O4. The van der Waals surface area contributed by atoms with Crippen molar-refractivity contribution >= 4 is 12.0 Å². The van der Waals surface area contributed by atoms with Gasteiger partial charge < -0.3 is 19.3 Å². The summed E-state index contributed by atoms with van der Waals surface area (Å²) in [7, 11) is 1.62. The molecule has 1 atom stereocenters. The maximum absolute atomic E-state index is 13.4. The van der Waals surface area contributed by atoms with E-state index in [1.165, 1.54) is 0 Å². The Morgan fingerprint density at radius 2 is 1.73 bits per heavy atom. The maximum atomic E-state index is 13.4. The van der Waals surface area contributed by atoms with Gasteiger partial charge in [-0.25, -0.2) is 4.79 Å². The van der Waals surface area contributed by atoms with Gasteiger partial charge in [0.25, 0.3) is 5.91 Å². The molecule has 1 unspecified atom stereocenters. The predicted molar refractivity (Wildman–Crippen MR) is 116 cm³/mol. The summed E-state index contributed by atoms with van der Waals surface area (Å²) in [5.74, 6) is 0.694. The lowest BCUT2D eigenvalue weighted by Gasteiger charge is -2.42. The van der Waals surface area contributed by atoms with Crippen LogP contribution in [-0.4, -0.2) is 54.1 Å². The van der Waals surface area contributed by atoms with Crippen LogP contribution in [0, 0.1) is 6.92 Å². The zero-order valence-corrected chi connectivity index (χ0v) is 18.3. The van der Waals surface area contributed by atoms with E-state index in [0.29, 0.717) is 25.2 Å². The SMILES string of the molecule is COc1ccc(C(=O)N2CCN(C(=O)OC(C)(C)C)CC2c2ccccc2)cc1C. The van der Waals surface area contributed by atoms with Gasteiger partial charge in [-0.2, -0.15) is 0 Å². The van der Waals surface area contributed by atoms with Gasteiger partial charge in [0.05, 0.1) is 13.2 Å². The Balaban J connectivity index is 1.87. The molecule has 2 aromatic rings. The third kappa shape index (κ3) is 4.93. The highest BCUT2D eigenvalue weighted by Gasteiger charge is 2.35. The van der Waals surface area contributed by atoms with Crippen LogP contribution in [0.5, 0.6) is 5.75 Å². The lowest BCUT2D eigenvalue weighted by atomic mass is 10.0. The average Bonchev–Trinajstić information content (AvgIpc) is 2.72. The molecule has 1 fully saturated rings. The predicted octanol–water partition coefficient (Wildman–Crippen LogP) is 4.44. The number of ether oxygens (including phenoxy) is 2. The van der Waals surface area contributed by atoms with Crippen molar-refractivity contribution < 1.29 is 19.1 Å². The van der Waals surface area contributed by atoms with Crippen LogP contribution in [0.3, 0.4) is 0 Å². The first kappa shape index (κ1) is 21.7. The molecule has 6 nitrogen and oxygen atoms in total. The third-order valence-electron chi connectivity index (χ3n) is 5.12. The Kier molecular flexibility index (Phi) is 6.34. The molecule has 0 N–H and O–H groups in total. The van der Waals surface area contributed by atoms with E-state index < -0.39 is 5.60 Å². The number of carbonyl (C=O) groups excluding carboxylic acids is 2. The summed E-state index contributed by atoms with van der Waals surface area (Å²) in [6.07, 6.45) is -0.351. The van der Waals surface area contributed by atoms with Crippen LogP contribution in [0.15, 0.2) is 48.5 Å². The number of methoxy groups -OCH3 is 1. The van der Waals surface area contributed by atoms with Crippen molar-refractivity contribution in [2.45, 2.75) is 39.3 Å². The second kappa shape index (κ2) is 8.78. The Hall–Kier alpha value is -3.02. The van der Waals surface area contributed by atoms with E-state index >= 15 is 0 Å². The number of aryl methyl sites for hydroxylation is 1. The van der Waals surface area contributed by atoms with E-state index in [-0.39, 0.29) is 18.0 Å². The number of amides is 2. The summed E-state index contributed by atoms with van der Waals surface area (Å²) in [6, 6.07) is 15.0. The number of hydrogen-bond acceptors (Lipinski definition) is 4. The minimum Gasteiger partial charge on any atom is -0.496 e. The molecule has 0 bridgehead atoms. The van der Waals surface area contributed by atoms with Crippen molar-refractivity contribution in [2.75, 3.05) is 26.7 Å². The fourth-order valence-electron chi connectivity index (χ4n) is 3.66. The first-order valence-electron chi connectivity index (χ1n) is 10.2. The fraction of sp³-hybridized carbons (Fsp3) is 0.417. The van der Waals surface area contributed by atoms with Gasteiger partial charge in [-0.1, -0.05) is 30.3 Å². The Bertz CT molecular complexity index is 905. The number of benzene rings is 2. The normalized spacial score (nSPS) is 16.9. The topological polar surface area (TPSA) is 59.1 Å². The molecule has 3 rings (SSSR count). The van der Waals surface area contributed by atoms with Crippen LogP contribution in [0.25, 0.3) is 0 Å². The first-order valence-corrected chi connectivity index (χ1v) is 10.2. The van der Waals surface area contributed by atoms with Crippen LogP contribution < -0.4 is 4.74 Å². The average molecular weight is 411 g/mol. The molecule has 30 heavy (non-hydrogen) atoms. The molecule has 0 radical (unpaired) electrons. The quantitative estimate of drug-likeness (QED) is 0.751. The Morgan fingerprint density at radius 3 is 2.33 bits per heavy atom. The van der Waals surface area contributed by atoms with E-state index in [0.717, 1.165) is 16.9 Å². The van der Waals surface area contributed by atoms with Gasteiger partial charge in [0.2, 0.25) is 0 Å². The summed E-state index contributed by atoms with van der Waals surface area (Å²) in [5.41, 5.74) is 1.95. The van der Waals surface area contributed by atoms with Gasteiger partial charge in [0.15, 0.2) is 0 Å². The van der Waals surface area contributed by atoms with E-state index in [9.17, 15) is 9.59 Å². The van der Waals surface area contributed by atoms with Crippen LogP contribution in [0.2, 0.25) is 0 Å². The van der Waals surface area contributed by atoms with Gasteiger partial charge in [-0.05, 0) is 57.0 Å². The van der Waals surface area contributed by atoms with Crippen LogP contribution in [0.1, 0.15) is 48.3 Å². The second-order valence-electron chi connectivity index (χ2n) is 8.54. The molecule has 160 valence electrons. The molecule has 1 aliphatic rings. The first-order chi connectivity index (χ1) is 14.2. The zero-order valence-electron chi connectivity index (χ0n) is 18.3. The highest BCUT2D eigenvalue weighted by Crippen LogP contribution is 2.29. The molecular weight excluding hydrogens is 380 g/mol. The van der Waals surface area contributed by atoms with Crippen molar-refractivity contribution in [3.8, 4) is 5.75 Å². The van der Waals surface area contributed by atoms with Crippen LogP contribution >= 0.6 is 0 Å². The van der Waals surface area contributed by atoms with E-state index in [2.05, 4.69) is 0 Å². The van der Waals surface area contributed by atoms with Crippen molar-refractivity contribution in [3.63, 3.8) is 0 Å². The Morgan fingerprint density at radius 1 is 1.03 bits per heavy atom. The van der Waals surface area contributed by atoms with Crippen molar-refractivity contribution in [3.05, 3.63) is 65.2 Å². The van der Waals surface area contributed by atoms with Gasteiger partial charge in [0.1, 0.15) is 11.4 Å². The summed E-state index contributed by atoms with van der Waals surface area (Å²) in [6.45, 7) is 8.73. The third-order valence-corrected chi connectivity index (χ3v) is 5.12. The van der Waals surface area contributed by atoms with E-state index in [1.54, 1.807) is 18.1 Å². The molecule has 0 saturated carbocycles. The smallest absolute Gasteiger partial charge is 0.410 e. The molecule has 0 aromatic heterocycles. The highest BCUT2D eigenvalue weighted by molar-refractivity contribution is 5.95. The van der Waals surface area contributed by atoms with Crippen LogP contribution in [-0.2, 0) is 4.74 Å². The monoisotopic (exact) mass is 410 g/mol. The van der Waals surface area contributed by atoms with Crippen LogP contribution in [0.4, 0.5) is 4.79 Å². The maximum Gasteiger partial charge on any atom is 0.410 e. The number of carbonyl (C=O) groups is 2. The summed E-state index contributed by atoms with van der Waals surface area (Å²) >= 11 is 0. The highest BCUT2D eigenvalue weighted by atomic mass is 16.6. The van der Waals surface area contributed by atoms with Gasteiger partial charge in [-0.15, -0.1) is 0 Å². The molecule has 6 heteroatoms. The van der Waals surface area contributed by atoms with Gasteiger partial charge in [-0.3, -0.25) is 4.79 Å².